The van der Waals surface area contributed by atoms with Gasteiger partial charge in [0.05, 0.1) is 25.3 Å². The first-order valence-corrected chi connectivity index (χ1v) is 8.93. The van der Waals surface area contributed by atoms with E-state index in [1.807, 2.05) is 16.7 Å². The van der Waals surface area contributed by atoms with Crippen LogP contribution in [-0.2, 0) is 9.53 Å². The second-order valence-corrected chi connectivity index (χ2v) is 7.33. The van der Waals surface area contributed by atoms with Crippen LogP contribution in [0.15, 0.2) is 0 Å². The molecule has 0 radical (unpaired) electrons. The zero-order valence-corrected chi connectivity index (χ0v) is 13.3. The Kier molecular flexibility index (Phi) is 5.10. The number of fused-ring (bicyclic) bond motifs is 1. The van der Waals surface area contributed by atoms with Crippen LogP contribution in [-0.4, -0.2) is 77.4 Å². The number of amides is 2. The maximum Gasteiger partial charge on any atom is 0.320 e. The Morgan fingerprint density at radius 2 is 2.18 bits per heavy atom. The summed E-state index contributed by atoms with van der Waals surface area (Å²) in [5, 5.41) is 15.7. The number of carbonyl (C=O) groups excluding carboxylic acids is 1. The summed E-state index contributed by atoms with van der Waals surface area (Å²) in [6.07, 6.45) is 2.47. The minimum atomic E-state index is -0.741. The molecule has 0 aromatic carbocycles. The largest absolute Gasteiger partial charge is 0.480 e. The van der Waals surface area contributed by atoms with E-state index < -0.39 is 12.0 Å². The van der Waals surface area contributed by atoms with Crippen LogP contribution < -0.4 is 10.6 Å². The fraction of sp³-hybridized carbons (Fsp3) is 0.857. The Hall–Kier alpha value is -0.990. The van der Waals surface area contributed by atoms with Crippen molar-refractivity contribution >= 4 is 23.8 Å². The van der Waals surface area contributed by atoms with Crippen molar-refractivity contribution in [2.75, 3.05) is 32.1 Å². The lowest BCUT2D eigenvalue weighted by atomic mass is 10.0. The quantitative estimate of drug-likeness (QED) is 0.599. The van der Waals surface area contributed by atoms with Gasteiger partial charge in [0.1, 0.15) is 6.04 Å². The molecule has 124 valence electrons. The number of morpholine rings is 1. The normalized spacial score (nSPS) is 33.1. The topological polar surface area (TPSA) is 90.9 Å². The number of carboxylic acid groups (broad SMARTS) is 1. The number of ether oxygens (including phenoxy) is 1. The zero-order chi connectivity index (χ0) is 15.5. The van der Waals surface area contributed by atoms with Gasteiger partial charge in [-0.05, 0) is 12.8 Å². The predicted molar refractivity (Wildman–Crippen MR) is 83.2 cm³/mol. The molecule has 3 fully saturated rings. The third kappa shape index (κ3) is 3.49. The highest BCUT2D eigenvalue weighted by Gasteiger charge is 2.42. The highest BCUT2D eigenvalue weighted by Crippen LogP contribution is 2.33. The number of urea groups is 1. The zero-order valence-electron chi connectivity index (χ0n) is 12.5. The summed E-state index contributed by atoms with van der Waals surface area (Å²) >= 11 is 1.87. The molecular formula is C14H23N3O4S. The Balaban J connectivity index is 1.46. The van der Waals surface area contributed by atoms with E-state index in [1.54, 1.807) is 0 Å². The molecule has 1 unspecified atom stereocenters. The highest BCUT2D eigenvalue weighted by molar-refractivity contribution is 8.00. The summed E-state index contributed by atoms with van der Waals surface area (Å²) in [4.78, 5) is 24.9. The van der Waals surface area contributed by atoms with Crippen molar-refractivity contribution in [1.29, 1.82) is 0 Å². The van der Waals surface area contributed by atoms with Gasteiger partial charge in [-0.15, -0.1) is 0 Å². The average molecular weight is 329 g/mol. The van der Waals surface area contributed by atoms with E-state index in [9.17, 15) is 14.7 Å². The van der Waals surface area contributed by atoms with E-state index >= 15 is 0 Å². The van der Waals surface area contributed by atoms with E-state index in [0.717, 1.165) is 18.6 Å². The number of hydrogen-bond acceptors (Lipinski definition) is 5. The van der Waals surface area contributed by atoms with Crippen LogP contribution in [0, 0.1) is 0 Å². The number of aliphatic carboxylic acids is 1. The molecule has 2 amide bonds. The van der Waals surface area contributed by atoms with E-state index in [2.05, 4.69) is 10.6 Å². The molecule has 0 saturated carbocycles. The Labute approximate surface area is 134 Å². The molecule has 3 aliphatic heterocycles. The molecule has 3 rings (SSSR count). The summed E-state index contributed by atoms with van der Waals surface area (Å²) in [5.41, 5.74) is 0. The van der Waals surface area contributed by atoms with Gasteiger partial charge in [0.25, 0.3) is 0 Å². The maximum absolute atomic E-state index is 11.5. The summed E-state index contributed by atoms with van der Waals surface area (Å²) in [5.74, 6) is 0.203. The van der Waals surface area contributed by atoms with Gasteiger partial charge in [-0.1, -0.05) is 6.42 Å². The summed E-state index contributed by atoms with van der Waals surface area (Å²) < 4.78 is 5.29. The highest BCUT2D eigenvalue weighted by atomic mass is 32.2. The third-order valence-corrected chi connectivity index (χ3v) is 6.18. The van der Waals surface area contributed by atoms with Gasteiger partial charge >= 0.3 is 12.0 Å². The maximum atomic E-state index is 11.5. The van der Waals surface area contributed by atoms with Crippen molar-refractivity contribution < 1.29 is 19.4 Å². The SMILES string of the molecule is O=C1N[C@H]2[C@H](CS[C@H]2CCCC(C(=O)O)N2CCOCC2)N1. The molecule has 4 atom stereocenters. The van der Waals surface area contributed by atoms with Crippen LogP contribution in [0.2, 0.25) is 0 Å². The van der Waals surface area contributed by atoms with Gasteiger partial charge in [0.2, 0.25) is 0 Å². The monoisotopic (exact) mass is 329 g/mol. The minimum Gasteiger partial charge on any atom is -0.480 e. The molecule has 3 saturated heterocycles. The van der Waals surface area contributed by atoms with Gasteiger partial charge in [0.15, 0.2) is 0 Å². The molecule has 3 aliphatic rings. The summed E-state index contributed by atoms with van der Waals surface area (Å²) in [6.45, 7) is 2.62. The van der Waals surface area contributed by atoms with Crippen LogP contribution in [0.5, 0.6) is 0 Å². The molecule has 8 heteroatoms. The first-order chi connectivity index (χ1) is 10.6. The lowest BCUT2D eigenvalue weighted by Crippen LogP contribution is -2.47. The second-order valence-electron chi connectivity index (χ2n) is 6.06. The molecule has 0 spiro atoms. The molecule has 0 aromatic rings. The van der Waals surface area contributed by atoms with Crippen molar-refractivity contribution in [3.63, 3.8) is 0 Å². The lowest BCUT2D eigenvalue weighted by Gasteiger charge is -2.32. The fourth-order valence-corrected chi connectivity index (χ4v) is 5.05. The Bertz CT molecular complexity index is 430. The Morgan fingerprint density at radius 3 is 2.91 bits per heavy atom. The van der Waals surface area contributed by atoms with Gasteiger partial charge in [-0.2, -0.15) is 11.8 Å². The standard InChI is InChI=1S/C14H23N3O4S/c18-13(19)10(17-4-6-21-7-5-17)2-1-3-11-12-9(8-22-11)15-14(20)16-12/h9-12H,1-8H2,(H,18,19)(H2,15,16,20)/t9-,10?,11-,12-/m0/s1. The molecule has 0 aromatic heterocycles. The van der Waals surface area contributed by atoms with Crippen molar-refractivity contribution in [3.05, 3.63) is 0 Å². The first kappa shape index (κ1) is 15.9. The lowest BCUT2D eigenvalue weighted by molar-refractivity contribution is -0.145. The number of nitrogens with zero attached hydrogens (tertiary/aromatic N) is 1. The van der Waals surface area contributed by atoms with E-state index in [0.29, 0.717) is 38.0 Å². The number of rotatable bonds is 6. The van der Waals surface area contributed by atoms with Crippen LogP contribution in [0.3, 0.4) is 0 Å². The number of hydrogen-bond donors (Lipinski definition) is 3. The van der Waals surface area contributed by atoms with Crippen molar-refractivity contribution in [3.8, 4) is 0 Å². The number of nitrogens with one attached hydrogen (secondary N) is 2. The molecule has 3 heterocycles. The average Bonchev–Trinajstić information content (AvgIpc) is 3.04. The fourth-order valence-electron chi connectivity index (χ4n) is 3.51. The number of thioether (sulfide) groups is 1. The third-order valence-electron chi connectivity index (χ3n) is 4.68. The molecule has 22 heavy (non-hydrogen) atoms. The van der Waals surface area contributed by atoms with Crippen molar-refractivity contribution in [2.24, 2.45) is 0 Å². The molecular weight excluding hydrogens is 306 g/mol. The summed E-state index contributed by atoms with van der Waals surface area (Å²) in [6, 6.07) is -0.0550. The van der Waals surface area contributed by atoms with E-state index in [-0.39, 0.29) is 18.1 Å². The molecule has 0 bridgehead atoms. The second kappa shape index (κ2) is 7.06. The number of carboxylic acids is 1. The van der Waals surface area contributed by atoms with Crippen LogP contribution in [0.25, 0.3) is 0 Å². The molecule has 0 aliphatic carbocycles. The van der Waals surface area contributed by atoms with Gasteiger partial charge < -0.3 is 20.5 Å². The van der Waals surface area contributed by atoms with Gasteiger partial charge in [-0.25, -0.2) is 4.79 Å². The number of carbonyl (C=O) groups is 2. The van der Waals surface area contributed by atoms with E-state index in [1.165, 1.54) is 0 Å². The molecule has 3 N–H and O–H groups in total. The van der Waals surface area contributed by atoms with Crippen LogP contribution in [0.4, 0.5) is 4.79 Å². The van der Waals surface area contributed by atoms with Gasteiger partial charge in [0, 0.05) is 24.1 Å². The molecule has 7 nitrogen and oxygen atoms in total. The van der Waals surface area contributed by atoms with E-state index in [4.69, 9.17) is 4.74 Å². The predicted octanol–water partition coefficient (Wildman–Crippen LogP) is 0.108. The van der Waals surface area contributed by atoms with Crippen molar-refractivity contribution in [2.45, 2.75) is 42.6 Å². The minimum absolute atomic E-state index is 0.0722. The van der Waals surface area contributed by atoms with Gasteiger partial charge in [-0.3, -0.25) is 9.69 Å². The van der Waals surface area contributed by atoms with Crippen molar-refractivity contribution in [1.82, 2.24) is 15.5 Å². The smallest absolute Gasteiger partial charge is 0.320 e. The first-order valence-electron chi connectivity index (χ1n) is 7.88. The van der Waals surface area contributed by atoms with Crippen LogP contribution >= 0.6 is 11.8 Å². The summed E-state index contributed by atoms with van der Waals surface area (Å²) in [7, 11) is 0. The Morgan fingerprint density at radius 1 is 1.41 bits per heavy atom. The van der Waals surface area contributed by atoms with Crippen LogP contribution in [0.1, 0.15) is 19.3 Å².